The van der Waals surface area contributed by atoms with Gasteiger partial charge in [-0.25, -0.2) is 0 Å². The fourth-order valence-corrected chi connectivity index (χ4v) is 2.84. The topological polar surface area (TPSA) is 40.5 Å². The molecule has 1 N–H and O–H groups in total. The summed E-state index contributed by atoms with van der Waals surface area (Å²) in [6, 6.07) is 0.427. The van der Waals surface area contributed by atoms with E-state index in [9.17, 15) is 4.79 Å². The Morgan fingerprint density at radius 1 is 1.19 bits per heavy atom. The third-order valence-corrected chi connectivity index (χ3v) is 4.42. The summed E-state index contributed by atoms with van der Waals surface area (Å²) in [5.74, 6) is 1.16. The first-order valence-electron chi connectivity index (χ1n) is 6.60. The molecule has 16 heavy (non-hydrogen) atoms. The van der Waals surface area contributed by atoms with Crippen molar-refractivity contribution in [3.63, 3.8) is 0 Å². The molecule has 0 saturated heterocycles. The molecule has 2 rings (SSSR count). The molecular formula is C13H23NO2. The van der Waals surface area contributed by atoms with Gasteiger partial charge in [0.05, 0.1) is 0 Å². The SMILES string of the molecule is CN(C(=O)C1CCC1)C1CCC(CO)CC1. The summed E-state index contributed by atoms with van der Waals surface area (Å²) < 4.78 is 0. The number of aliphatic hydroxyl groups excluding tert-OH is 1. The van der Waals surface area contributed by atoms with Crippen LogP contribution in [0.25, 0.3) is 0 Å². The van der Waals surface area contributed by atoms with Gasteiger partial charge in [0.1, 0.15) is 0 Å². The van der Waals surface area contributed by atoms with Gasteiger partial charge in [-0.2, -0.15) is 0 Å². The zero-order chi connectivity index (χ0) is 11.5. The molecule has 0 heterocycles. The van der Waals surface area contributed by atoms with Gasteiger partial charge in [0, 0.05) is 25.6 Å². The fourth-order valence-electron chi connectivity index (χ4n) is 2.84. The lowest BCUT2D eigenvalue weighted by Gasteiger charge is -2.37. The van der Waals surface area contributed by atoms with Crippen LogP contribution < -0.4 is 0 Å². The number of aliphatic hydroxyl groups is 1. The largest absolute Gasteiger partial charge is 0.396 e. The molecule has 0 aliphatic heterocycles. The van der Waals surface area contributed by atoms with Crippen molar-refractivity contribution in [2.45, 2.75) is 51.0 Å². The molecule has 3 nitrogen and oxygen atoms in total. The molecule has 0 spiro atoms. The van der Waals surface area contributed by atoms with Gasteiger partial charge in [0.2, 0.25) is 5.91 Å². The van der Waals surface area contributed by atoms with E-state index in [1.807, 2.05) is 11.9 Å². The van der Waals surface area contributed by atoms with Crippen LogP contribution >= 0.6 is 0 Å². The van der Waals surface area contributed by atoms with Crippen molar-refractivity contribution in [1.82, 2.24) is 4.90 Å². The molecule has 0 aromatic carbocycles. The molecule has 0 aromatic heterocycles. The van der Waals surface area contributed by atoms with E-state index in [1.165, 1.54) is 6.42 Å². The van der Waals surface area contributed by atoms with E-state index < -0.39 is 0 Å². The summed E-state index contributed by atoms with van der Waals surface area (Å²) in [6.45, 7) is 0.313. The Balaban J connectivity index is 1.81. The second kappa shape index (κ2) is 5.17. The van der Waals surface area contributed by atoms with Crippen LogP contribution in [0.5, 0.6) is 0 Å². The lowest BCUT2D eigenvalue weighted by atomic mass is 9.82. The third-order valence-electron chi connectivity index (χ3n) is 4.42. The smallest absolute Gasteiger partial charge is 0.225 e. The van der Waals surface area contributed by atoms with E-state index in [0.29, 0.717) is 30.4 Å². The molecule has 2 aliphatic carbocycles. The number of rotatable bonds is 3. The van der Waals surface area contributed by atoms with Crippen molar-refractivity contribution in [2.75, 3.05) is 13.7 Å². The van der Waals surface area contributed by atoms with Gasteiger partial charge in [0.25, 0.3) is 0 Å². The molecule has 2 fully saturated rings. The minimum absolute atomic E-state index is 0.313. The highest BCUT2D eigenvalue weighted by molar-refractivity contribution is 5.79. The molecule has 0 bridgehead atoms. The molecule has 0 unspecified atom stereocenters. The molecule has 3 heteroatoms. The number of nitrogens with zero attached hydrogens (tertiary/aromatic N) is 1. The van der Waals surface area contributed by atoms with E-state index in [1.54, 1.807) is 0 Å². The van der Waals surface area contributed by atoms with E-state index in [-0.39, 0.29) is 0 Å². The number of hydrogen-bond donors (Lipinski definition) is 1. The van der Waals surface area contributed by atoms with Crippen LogP contribution in [0.1, 0.15) is 44.9 Å². The molecule has 2 aliphatic rings. The van der Waals surface area contributed by atoms with Gasteiger partial charge in [-0.15, -0.1) is 0 Å². The highest BCUT2D eigenvalue weighted by Crippen LogP contribution is 2.32. The highest BCUT2D eigenvalue weighted by atomic mass is 16.3. The van der Waals surface area contributed by atoms with E-state index in [4.69, 9.17) is 5.11 Å². The van der Waals surface area contributed by atoms with Crippen molar-refractivity contribution in [1.29, 1.82) is 0 Å². The maximum absolute atomic E-state index is 12.1. The van der Waals surface area contributed by atoms with E-state index in [0.717, 1.165) is 38.5 Å². The molecule has 1 amide bonds. The Labute approximate surface area is 97.8 Å². The van der Waals surface area contributed by atoms with Crippen LogP contribution in [0.2, 0.25) is 0 Å². The standard InChI is InChI=1S/C13H23NO2/c1-14(13(16)11-3-2-4-11)12-7-5-10(9-15)6-8-12/h10-12,15H,2-9H2,1H3. The fraction of sp³-hybridized carbons (Fsp3) is 0.923. The van der Waals surface area contributed by atoms with Crippen LogP contribution in [0, 0.1) is 11.8 Å². The number of hydrogen-bond acceptors (Lipinski definition) is 2. The summed E-state index contributed by atoms with van der Waals surface area (Å²) in [5.41, 5.74) is 0. The average Bonchev–Trinajstić information content (AvgIpc) is 2.26. The van der Waals surface area contributed by atoms with Gasteiger partial charge < -0.3 is 10.0 Å². The summed E-state index contributed by atoms with van der Waals surface area (Å²) in [4.78, 5) is 14.0. The Hall–Kier alpha value is -0.570. The van der Waals surface area contributed by atoms with Crippen LogP contribution in [0.15, 0.2) is 0 Å². The monoisotopic (exact) mass is 225 g/mol. The quantitative estimate of drug-likeness (QED) is 0.795. The van der Waals surface area contributed by atoms with Gasteiger partial charge in [-0.05, 0) is 44.4 Å². The molecule has 0 radical (unpaired) electrons. The summed E-state index contributed by atoms with van der Waals surface area (Å²) in [6.07, 6.45) is 7.69. The van der Waals surface area contributed by atoms with Gasteiger partial charge in [-0.3, -0.25) is 4.79 Å². The summed E-state index contributed by atoms with van der Waals surface area (Å²) >= 11 is 0. The lowest BCUT2D eigenvalue weighted by Crippen LogP contribution is -2.44. The number of amides is 1. The Kier molecular flexibility index (Phi) is 3.85. The lowest BCUT2D eigenvalue weighted by molar-refractivity contribution is -0.139. The summed E-state index contributed by atoms with van der Waals surface area (Å²) in [7, 11) is 1.96. The van der Waals surface area contributed by atoms with Crippen LogP contribution in [0.3, 0.4) is 0 Å². The van der Waals surface area contributed by atoms with Crippen molar-refractivity contribution in [3.8, 4) is 0 Å². The van der Waals surface area contributed by atoms with Gasteiger partial charge in [0.15, 0.2) is 0 Å². The Morgan fingerprint density at radius 2 is 1.81 bits per heavy atom. The summed E-state index contributed by atoms with van der Waals surface area (Å²) in [5, 5.41) is 9.08. The first kappa shape index (κ1) is 11.9. The second-order valence-electron chi connectivity index (χ2n) is 5.43. The number of carbonyl (C=O) groups excluding carboxylic acids is 1. The van der Waals surface area contributed by atoms with Crippen LogP contribution in [0.4, 0.5) is 0 Å². The third kappa shape index (κ3) is 2.40. The van der Waals surface area contributed by atoms with Crippen molar-refractivity contribution < 1.29 is 9.90 Å². The van der Waals surface area contributed by atoms with E-state index >= 15 is 0 Å². The minimum Gasteiger partial charge on any atom is -0.396 e. The van der Waals surface area contributed by atoms with Crippen LogP contribution in [-0.2, 0) is 4.79 Å². The van der Waals surface area contributed by atoms with Gasteiger partial charge in [-0.1, -0.05) is 6.42 Å². The van der Waals surface area contributed by atoms with Crippen molar-refractivity contribution in [2.24, 2.45) is 11.8 Å². The van der Waals surface area contributed by atoms with Gasteiger partial charge >= 0.3 is 0 Å². The first-order valence-corrected chi connectivity index (χ1v) is 6.60. The highest BCUT2D eigenvalue weighted by Gasteiger charge is 2.32. The van der Waals surface area contributed by atoms with Crippen molar-refractivity contribution in [3.05, 3.63) is 0 Å². The molecule has 0 atom stereocenters. The molecule has 2 saturated carbocycles. The maximum Gasteiger partial charge on any atom is 0.225 e. The Bertz CT molecular complexity index is 242. The predicted molar refractivity (Wildman–Crippen MR) is 62.9 cm³/mol. The molecule has 92 valence electrons. The normalized spacial score (nSPS) is 30.9. The molecule has 0 aromatic rings. The molecular weight excluding hydrogens is 202 g/mol. The first-order chi connectivity index (χ1) is 7.72. The Morgan fingerprint density at radius 3 is 2.25 bits per heavy atom. The number of carbonyl (C=O) groups is 1. The predicted octanol–water partition coefficient (Wildman–Crippen LogP) is 1.80. The van der Waals surface area contributed by atoms with Crippen molar-refractivity contribution >= 4 is 5.91 Å². The average molecular weight is 225 g/mol. The zero-order valence-corrected chi connectivity index (χ0v) is 10.2. The minimum atomic E-state index is 0.313. The zero-order valence-electron chi connectivity index (χ0n) is 10.2. The van der Waals surface area contributed by atoms with Crippen LogP contribution in [-0.4, -0.2) is 35.6 Å². The second-order valence-corrected chi connectivity index (χ2v) is 5.43. The van der Waals surface area contributed by atoms with E-state index in [2.05, 4.69) is 0 Å². The maximum atomic E-state index is 12.1.